The number of hydrogen-bond acceptors (Lipinski definition) is 9. The molecule has 2 saturated carbocycles. The van der Waals surface area contributed by atoms with Crippen LogP contribution in [0.25, 0.3) is 10.9 Å². The van der Waals surface area contributed by atoms with Crippen LogP contribution in [0.5, 0.6) is 5.75 Å². The summed E-state index contributed by atoms with van der Waals surface area (Å²) in [5.74, 6) is -0.514. The first-order valence-electron chi connectivity index (χ1n) is 19.3. The van der Waals surface area contributed by atoms with Gasteiger partial charge in [0, 0.05) is 51.1 Å². The molecule has 1 N–H and O–H groups in total. The molecular formula is C42H52FN3O8. The van der Waals surface area contributed by atoms with E-state index in [-0.39, 0.29) is 52.0 Å². The minimum Gasteiger partial charge on any atom is -0.487 e. The van der Waals surface area contributed by atoms with E-state index in [9.17, 15) is 33.5 Å². The summed E-state index contributed by atoms with van der Waals surface area (Å²) in [5, 5.41) is 9.36. The van der Waals surface area contributed by atoms with Crippen molar-refractivity contribution < 1.29 is 38.1 Å². The Balaban J connectivity index is 0.000000167. The fraction of sp³-hybridized carbons (Fsp3) is 0.595. The number of carboxylic acid groups (broad SMARTS) is 1. The average molecular weight is 746 g/mol. The van der Waals surface area contributed by atoms with Gasteiger partial charge < -0.3 is 28.9 Å². The SMILES string of the molecule is CC(=O)O[C@]1(C(C)=O)CC[C@H]2[C@@H]3C=C(C)C4=CC(=O)CC[C@]4(C)[C@H]3CC[C@@]21C.CC1COc2c(N3CCN(C)CC3)c(F)cc3c(=O)c(C(=O)O)cn1c23. The van der Waals surface area contributed by atoms with Crippen LogP contribution in [0, 0.1) is 34.4 Å². The van der Waals surface area contributed by atoms with Gasteiger partial charge in [-0.3, -0.25) is 19.2 Å². The fourth-order valence-corrected chi connectivity index (χ4v) is 11.2. The molecule has 11 nitrogen and oxygen atoms in total. The van der Waals surface area contributed by atoms with Crippen molar-refractivity contribution in [2.24, 2.45) is 28.6 Å². The highest BCUT2D eigenvalue weighted by Crippen LogP contribution is 2.68. The Morgan fingerprint density at radius 2 is 1.70 bits per heavy atom. The third-order valence-corrected chi connectivity index (χ3v) is 14.0. The number of hydrogen-bond donors (Lipinski definition) is 1. The second-order valence-corrected chi connectivity index (χ2v) is 17.0. The number of carboxylic acids is 1. The number of nitrogens with zero attached hydrogens (tertiary/aromatic N) is 3. The van der Waals surface area contributed by atoms with Crippen LogP contribution in [0.1, 0.15) is 96.5 Å². The second-order valence-electron chi connectivity index (χ2n) is 17.0. The molecule has 3 heterocycles. The van der Waals surface area contributed by atoms with Crippen molar-refractivity contribution in [3.8, 4) is 5.75 Å². The number of carbonyl (C=O) groups is 4. The molecule has 54 heavy (non-hydrogen) atoms. The first-order chi connectivity index (χ1) is 25.4. The van der Waals surface area contributed by atoms with E-state index in [1.807, 2.05) is 24.9 Å². The predicted molar refractivity (Wildman–Crippen MR) is 201 cm³/mol. The molecule has 0 spiro atoms. The van der Waals surface area contributed by atoms with E-state index in [0.717, 1.165) is 44.8 Å². The van der Waals surface area contributed by atoms with Crippen LogP contribution in [-0.4, -0.2) is 83.5 Å². The number of carbonyl (C=O) groups excluding carboxylic acids is 3. The molecule has 0 amide bonds. The van der Waals surface area contributed by atoms with Crippen LogP contribution >= 0.6 is 0 Å². The minimum atomic E-state index is -1.32. The number of fused-ring (bicyclic) bond motifs is 5. The van der Waals surface area contributed by atoms with Gasteiger partial charge in [0.15, 0.2) is 28.7 Å². The van der Waals surface area contributed by atoms with Crippen LogP contribution in [0.3, 0.4) is 0 Å². The number of pyridine rings is 1. The number of halogens is 1. The lowest BCUT2D eigenvalue weighted by molar-refractivity contribution is -0.185. The molecule has 0 bridgehead atoms. The van der Waals surface area contributed by atoms with Crippen molar-refractivity contribution in [1.82, 2.24) is 9.47 Å². The smallest absolute Gasteiger partial charge is 0.341 e. The number of aromatic nitrogens is 1. The molecule has 0 radical (unpaired) electrons. The minimum absolute atomic E-state index is 0.0160. The van der Waals surface area contributed by atoms with Gasteiger partial charge >= 0.3 is 11.9 Å². The number of esters is 1. The summed E-state index contributed by atoms with van der Waals surface area (Å²) in [6.07, 6.45) is 10.5. The normalized spacial score (nSPS) is 32.9. The number of piperazine rings is 1. The van der Waals surface area contributed by atoms with Gasteiger partial charge in [-0.15, -0.1) is 0 Å². The van der Waals surface area contributed by atoms with Gasteiger partial charge in [0.05, 0.1) is 16.9 Å². The van der Waals surface area contributed by atoms with E-state index < -0.39 is 22.8 Å². The van der Waals surface area contributed by atoms with Gasteiger partial charge in [-0.2, -0.15) is 0 Å². The Morgan fingerprint density at radius 1 is 1.02 bits per heavy atom. The lowest BCUT2D eigenvalue weighted by Crippen LogP contribution is -2.58. The van der Waals surface area contributed by atoms with E-state index in [1.165, 1.54) is 24.3 Å². The van der Waals surface area contributed by atoms with Crippen LogP contribution < -0.4 is 15.1 Å². The molecule has 4 aliphatic carbocycles. The fourth-order valence-electron chi connectivity index (χ4n) is 11.2. The highest BCUT2D eigenvalue weighted by atomic mass is 19.1. The van der Waals surface area contributed by atoms with Crippen molar-refractivity contribution in [3.63, 3.8) is 0 Å². The van der Waals surface area contributed by atoms with Crippen LogP contribution in [0.4, 0.5) is 10.1 Å². The summed E-state index contributed by atoms with van der Waals surface area (Å²) in [6, 6.07) is 0.994. The summed E-state index contributed by atoms with van der Waals surface area (Å²) in [4.78, 5) is 64.8. The summed E-state index contributed by atoms with van der Waals surface area (Å²) in [6.45, 7) is 14.7. The Morgan fingerprint density at radius 3 is 2.35 bits per heavy atom. The van der Waals surface area contributed by atoms with E-state index in [0.29, 0.717) is 60.6 Å². The van der Waals surface area contributed by atoms with E-state index in [2.05, 4.69) is 31.7 Å². The monoisotopic (exact) mass is 745 g/mol. The molecule has 2 aromatic rings. The second kappa shape index (κ2) is 13.5. The van der Waals surface area contributed by atoms with Gasteiger partial charge in [-0.1, -0.05) is 25.5 Å². The number of aromatic carboxylic acids is 1. The van der Waals surface area contributed by atoms with Gasteiger partial charge in [-0.25, -0.2) is 9.18 Å². The lowest BCUT2D eigenvalue weighted by atomic mass is 9.47. The van der Waals surface area contributed by atoms with E-state index in [1.54, 1.807) is 11.5 Å². The largest absolute Gasteiger partial charge is 0.487 e. The molecule has 1 aromatic carbocycles. The maximum Gasteiger partial charge on any atom is 0.341 e. The number of Topliss-reactive ketones (excluding diaryl/α,β-unsaturated/α-hetero) is 1. The molecule has 2 aliphatic heterocycles. The first-order valence-corrected chi connectivity index (χ1v) is 19.3. The molecule has 1 saturated heterocycles. The average Bonchev–Trinajstić information content (AvgIpc) is 3.41. The Kier molecular flexibility index (Phi) is 9.46. The highest BCUT2D eigenvalue weighted by molar-refractivity contribution is 5.97. The lowest BCUT2D eigenvalue weighted by Gasteiger charge is -2.58. The van der Waals surface area contributed by atoms with Crippen molar-refractivity contribution in [2.75, 3.05) is 44.7 Å². The van der Waals surface area contributed by atoms with Gasteiger partial charge in [0.2, 0.25) is 5.43 Å². The van der Waals surface area contributed by atoms with Crippen molar-refractivity contribution in [1.29, 1.82) is 0 Å². The van der Waals surface area contributed by atoms with Gasteiger partial charge in [0.1, 0.15) is 17.9 Å². The number of benzene rings is 1. The highest BCUT2D eigenvalue weighted by Gasteiger charge is 2.67. The molecule has 7 atom stereocenters. The summed E-state index contributed by atoms with van der Waals surface area (Å²) >= 11 is 0. The summed E-state index contributed by atoms with van der Waals surface area (Å²) < 4.78 is 28.4. The predicted octanol–water partition coefficient (Wildman–Crippen LogP) is 6.12. The Bertz CT molecular complexity index is 2080. The topological polar surface area (TPSA) is 135 Å². The zero-order valence-electron chi connectivity index (χ0n) is 32.4. The van der Waals surface area contributed by atoms with Crippen LogP contribution in [0.2, 0.25) is 0 Å². The number of allylic oxidation sites excluding steroid dienone is 4. The third kappa shape index (κ3) is 5.73. The molecule has 290 valence electrons. The van der Waals surface area contributed by atoms with E-state index in [4.69, 9.17) is 9.47 Å². The third-order valence-electron chi connectivity index (χ3n) is 14.0. The molecular weight excluding hydrogens is 693 g/mol. The first kappa shape index (κ1) is 38.0. The summed E-state index contributed by atoms with van der Waals surface area (Å²) in [5.41, 5.74) is 0.929. The van der Waals surface area contributed by atoms with Gasteiger partial charge in [0.25, 0.3) is 0 Å². The molecule has 12 heteroatoms. The van der Waals surface area contributed by atoms with Crippen LogP contribution in [0.15, 0.2) is 40.4 Å². The molecule has 1 aromatic heterocycles. The van der Waals surface area contributed by atoms with Crippen molar-refractivity contribution in [2.45, 2.75) is 91.7 Å². The van der Waals surface area contributed by atoms with Crippen LogP contribution in [-0.2, 0) is 19.1 Å². The Hall–Kier alpha value is -4.32. The van der Waals surface area contributed by atoms with E-state index >= 15 is 0 Å². The molecule has 8 rings (SSSR count). The zero-order valence-corrected chi connectivity index (χ0v) is 32.4. The maximum atomic E-state index is 15.0. The molecule has 6 aliphatic rings. The molecule has 3 fully saturated rings. The maximum absolute atomic E-state index is 15.0. The number of anilines is 1. The number of ketones is 2. The number of ether oxygens (including phenoxy) is 2. The number of likely N-dealkylation sites (N-methyl/N-ethyl adjacent to an activating group) is 1. The Labute approximate surface area is 315 Å². The molecule has 1 unspecified atom stereocenters. The summed E-state index contributed by atoms with van der Waals surface area (Å²) in [7, 11) is 2.02. The number of rotatable bonds is 4. The van der Waals surface area contributed by atoms with Crippen molar-refractivity contribution in [3.05, 3.63) is 57.2 Å². The quantitative estimate of drug-likeness (QED) is 0.365. The van der Waals surface area contributed by atoms with Gasteiger partial charge in [-0.05, 0) is 101 Å². The standard InChI is InChI=1S/C24H32O4.C18H20FN3O4/c1-14-12-18-19(22(4)9-6-17(27)13-21(14)22)7-10-23(5)20(18)8-11-24(23,15(2)25)28-16(3)26;1-10-9-26-17-14-11(16(23)12(18(24)25)8-22(10)14)7-13(19)15(17)21-5-3-20(2)4-6-21/h12-13,18-20H,6-11H2,1-5H3;7-8,10H,3-6,9H2,1-2H3,(H,24,25)/t18-,19+,20+,22-,23+,24+;/m1./s1. The van der Waals surface area contributed by atoms with Crippen molar-refractivity contribution >= 4 is 40.1 Å². The zero-order chi connectivity index (χ0) is 39.1.